The van der Waals surface area contributed by atoms with E-state index >= 15 is 0 Å². The molecule has 2 aromatic heterocycles. The molecule has 0 saturated heterocycles. The molecule has 1 aliphatic carbocycles. The topological polar surface area (TPSA) is 63.5 Å². The average molecular weight is 530 g/mol. The predicted octanol–water partition coefficient (Wildman–Crippen LogP) is 6.45. The zero-order valence-electron chi connectivity index (χ0n) is 19.8. The summed E-state index contributed by atoms with van der Waals surface area (Å²) in [7, 11) is 1.55. The third-order valence-corrected chi connectivity index (χ3v) is 7.04. The molecule has 0 bridgehead atoms. The number of ether oxygens (including phenoxy) is 1. The molecule has 11 heteroatoms. The van der Waals surface area contributed by atoms with Crippen molar-refractivity contribution in [2.45, 2.75) is 51.7 Å². The number of hydrogen-bond acceptors (Lipinski definition) is 5. The second-order valence-corrected chi connectivity index (χ2v) is 9.73. The molecule has 1 saturated carbocycles. The molecule has 0 spiro atoms. The lowest BCUT2D eigenvalue weighted by Gasteiger charge is -2.30. The SMILES string of the molecule is COc1cc(Cl)c(-c2c(C)nn3c(NCCNC4CCC(C(F)(F)F)CC4)cc(C)nc23)c(Cl)c1. The maximum Gasteiger partial charge on any atom is 0.391 e. The number of alkyl halides is 3. The minimum Gasteiger partial charge on any atom is -0.497 e. The Kier molecular flexibility index (Phi) is 7.68. The second kappa shape index (κ2) is 10.4. The third kappa shape index (κ3) is 5.62. The van der Waals surface area contributed by atoms with Crippen molar-refractivity contribution in [2.24, 2.45) is 5.92 Å². The molecule has 0 amide bonds. The van der Waals surface area contributed by atoms with Gasteiger partial charge in [-0.05, 0) is 51.7 Å². The van der Waals surface area contributed by atoms with Gasteiger partial charge in [-0.25, -0.2) is 4.98 Å². The molecule has 1 aliphatic rings. The number of nitrogens with zero attached hydrogens (tertiary/aromatic N) is 3. The molecular formula is C24H28Cl2F3N5O. The van der Waals surface area contributed by atoms with Gasteiger partial charge in [0.05, 0.1) is 34.3 Å². The first-order valence-corrected chi connectivity index (χ1v) is 12.3. The number of hydrogen-bond donors (Lipinski definition) is 2. The Labute approximate surface area is 212 Å². The summed E-state index contributed by atoms with van der Waals surface area (Å²) < 4.78 is 45.6. The quantitative estimate of drug-likeness (QED) is 0.344. The normalized spacial score (nSPS) is 18.7. The molecule has 190 valence electrons. The van der Waals surface area contributed by atoms with Crippen LogP contribution in [0.1, 0.15) is 37.1 Å². The summed E-state index contributed by atoms with van der Waals surface area (Å²) in [5, 5.41) is 12.3. The Morgan fingerprint density at radius 3 is 2.29 bits per heavy atom. The number of methoxy groups -OCH3 is 1. The first-order valence-electron chi connectivity index (χ1n) is 11.5. The first-order chi connectivity index (χ1) is 16.6. The average Bonchev–Trinajstić information content (AvgIpc) is 3.11. The van der Waals surface area contributed by atoms with Gasteiger partial charge in [0.1, 0.15) is 11.6 Å². The van der Waals surface area contributed by atoms with E-state index in [2.05, 4.69) is 15.7 Å². The van der Waals surface area contributed by atoms with Gasteiger partial charge in [-0.1, -0.05) is 23.2 Å². The Morgan fingerprint density at radius 2 is 1.69 bits per heavy atom. The van der Waals surface area contributed by atoms with Crippen molar-refractivity contribution in [3.05, 3.63) is 39.6 Å². The highest BCUT2D eigenvalue weighted by Crippen LogP contribution is 2.41. The van der Waals surface area contributed by atoms with Crippen molar-refractivity contribution in [1.82, 2.24) is 19.9 Å². The summed E-state index contributed by atoms with van der Waals surface area (Å²) in [6.07, 6.45) is -2.64. The molecule has 3 aromatic rings. The summed E-state index contributed by atoms with van der Waals surface area (Å²) in [5.41, 5.74) is 3.52. The van der Waals surface area contributed by atoms with Gasteiger partial charge in [0.2, 0.25) is 0 Å². The van der Waals surface area contributed by atoms with E-state index in [1.54, 1.807) is 23.8 Å². The molecule has 6 nitrogen and oxygen atoms in total. The predicted molar refractivity (Wildman–Crippen MR) is 133 cm³/mol. The minimum absolute atomic E-state index is 0.104. The molecule has 35 heavy (non-hydrogen) atoms. The minimum atomic E-state index is -4.09. The van der Waals surface area contributed by atoms with Crippen LogP contribution in [0.4, 0.5) is 19.0 Å². The van der Waals surface area contributed by atoms with Crippen molar-refractivity contribution < 1.29 is 17.9 Å². The largest absolute Gasteiger partial charge is 0.497 e. The van der Waals surface area contributed by atoms with Gasteiger partial charge in [0, 0.05) is 36.5 Å². The van der Waals surface area contributed by atoms with Crippen LogP contribution in [0, 0.1) is 19.8 Å². The van der Waals surface area contributed by atoms with Crippen molar-refractivity contribution in [1.29, 1.82) is 0 Å². The summed E-state index contributed by atoms with van der Waals surface area (Å²) in [5.74, 6) is 0.144. The number of nitrogens with one attached hydrogen (secondary N) is 2. The summed E-state index contributed by atoms with van der Waals surface area (Å²) in [4.78, 5) is 4.69. The van der Waals surface area contributed by atoms with E-state index in [0.29, 0.717) is 52.9 Å². The molecule has 0 atom stereocenters. The van der Waals surface area contributed by atoms with Crippen LogP contribution < -0.4 is 15.4 Å². The number of rotatable bonds is 7. The van der Waals surface area contributed by atoms with Crippen molar-refractivity contribution in [3.63, 3.8) is 0 Å². The zero-order valence-corrected chi connectivity index (χ0v) is 21.3. The van der Waals surface area contributed by atoms with E-state index in [9.17, 15) is 13.2 Å². The van der Waals surface area contributed by atoms with E-state index in [1.807, 2.05) is 19.9 Å². The van der Waals surface area contributed by atoms with Gasteiger partial charge in [-0.3, -0.25) is 0 Å². The lowest BCUT2D eigenvalue weighted by Crippen LogP contribution is -2.38. The van der Waals surface area contributed by atoms with E-state index < -0.39 is 12.1 Å². The second-order valence-electron chi connectivity index (χ2n) is 8.92. The molecule has 4 rings (SSSR count). The van der Waals surface area contributed by atoms with Gasteiger partial charge in [-0.2, -0.15) is 22.8 Å². The zero-order chi connectivity index (χ0) is 25.3. The molecular weight excluding hydrogens is 502 g/mol. The third-order valence-electron chi connectivity index (χ3n) is 6.45. The number of anilines is 1. The van der Waals surface area contributed by atoms with Crippen LogP contribution in [-0.4, -0.2) is 47.0 Å². The fourth-order valence-corrected chi connectivity index (χ4v) is 5.32. The van der Waals surface area contributed by atoms with Gasteiger partial charge < -0.3 is 15.4 Å². The van der Waals surface area contributed by atoms with E-state index in [4.69, 9.17) is 32.9 Å². The Balaban J connectivity index is 1.48. The van der Waals surface area contributed by atoms with Gasteiger partial charge in [0.25, 0.3) is 0 Å². The molecule has 0 aliphatic heterocycles. The summed E-state index contributed by atoms with van der Waals surface area (Å²) in [6.45, 7) is 4.97. The fraction of sp³-hybridized carbons (Fsp3) is 0.500. The van der Waals surface area contributed by atoms with Crippen LogP contribution >= 0.6 is 23.2 Å². The van der Waals surface area contributed by atoms with Crippen molar-refractivity contribution in [3.8, 4) is 16.9 Å². The van der Waals surface area contributed by atoms with E-state index in [1.165, 1.54) is 0 Å². The van der Waals surface area contributed by atoms with Crippen LogP contribution in [0.5, 0.6) is 5.75 Å². The smallest absolute Gasteiger partial charge is 0.391 e. The standard InChI is InChI=1S/C24H28Cl2F3N5O/c1-13-10-20(31-9-8-30-16-6-4-15(5-7-16)24(27,28)29)34-23(32-13)21(14(2)33-34)22-18(25)11-17(35-3)12-19(22)26/h10-12,15-16,30-31H,4-9H2,1-3H3. The fourth-order valence-electron chi connectivity index (χ4n) is 4.66. The number of halogens is 5. The van der Waals surface area contributed by atoms with Crippen LogP contribution in [0.3, 0.4) is 0 Å². The maximum absolute atomic E-state index is 12.9. The number of benzene rings is 1. The summed E-state index contributed by atoms with van der Waals surface area (Å²) in [6, 6.07) is 5.41. The number of aryl methyl sites for hydroxylation is 2. The van der Waals surface area contributed by atoms with Gasteiger partial charge >= 0.3 is 6.18 Å². The highest BCUT2D eigenvalue weighted by Gasteiger charge is 2.41. The lowest BCUT2D eigenvalue weighted by molar-refractivity contribution is -0.182. The molecule has 2 N–H and O–H groups in total. The monoisotopic (exact) mass is 529 g/mol. The van der Waals surface area contributed by atoms with Crippen molar-refractivity contribution >= 4 is 34.7 Å². The van der Waals surface area contributed by atoms with Crippen molar-refractivity contribution in [2.75, 3.05) is 25.5 Å². The van der Waals surface area contributed by atoms with Gasteiger partial charge in [0.15, 0.2) is 5.65 Å². The Hall–Kier alpha value is -2.23. The number of fused-ring (bicyclic) bond motifs is 1. The molecule has 0 radical (unpaired) electrons. The highest BCUT2D eigenvalue weighted by atomic mass is 35.5. The van der Waals surface area contributed by atoms with Crippen LogP contribution in [0.25, 0.3) is 16.8 Å². The maximum atomic E-state index is 12.9. The van der Waals surface area contributed by atoms with Crippen LogP contribution in [-0.2, 0) is 0 Å². The molecule has 1 fully saturated rings. The first kappa shape index (κ1) is 25.9. The molecule has 2 heterocycles. The van der Waals surface area contributed by atoms with Crippen LogP contribution in [0.15, 0.2) is 18.2 Å². The summed E-state index contributed by atoms with van der Waals surface area (Å²) >= 11 is 13.1. The number of aromatic nitrogens is 3. The Morgan fingerprint density at radius 1 is 1.03 bits per heavy atom. The van der Waals surface area contributed by atoms with Gasteiger partial charge in [-0.15, -0.1) is 0 Å². The highest BCUT2D eigenvalue weighted by molar-refractivity contribution is 6.39. The van der Waals surface area contributed by atoms with E-state index in [-0.39, 0.29) is 18.9 Å². The van der Waals surface area contributed by atoms with E-state index in [0.717, 1.165) is 22.8 Å². The van der Waals surface area contributed by atoms with Crippen LogP contribution in [0.2, 0.25) is 10.0 Å². The Bertz CT molecular complexity index is 1180. The molecule has 1 aromatic carbocycles. The lowest BCUT2D eigenvalue weighted by atomic mass is 9.85. The molecule has 0 unspecified atom stereocenters.